The molecule has 0 aliphatic rings. The molecule has 2 nitrogen and oxygen atoms in total. The third-order valence-electron chi connectivity index (χ3n) is 2.16. The number of nitrogens with two attached hydrogens (primary N) is 1. The topological polar surface area (TPSA) is 46.2 Å². The maximum absolute atomic E-state index is 9.74. The molecule has 0 amide bonds. The molecule has 0 atom stereocenters. The summed E-state index contributed by atoms with van der Waals surface area (Å²) in [7, 11) is 0. The van der Waals surface area contributed by atoms with E-state index in [1.807, 2.05) is 30.3 Å². The molecule has 3 heteroatoms. The summed E-state index contributed by atoms with van der Waals surface area (Å²) in [6.45, 7) is 0. The summed E-state index contributed by atoms with van der Waals surface area (Å²) in [5.74, 6) is 0.202. The molecule has 0 fully saturated rings. The minimum atomic E-state index is 0.202. The smallest absolute Gasteiger partial charge is 0.125 e. The van der Waals surface area contributed by atoms with Gasteiger partial charge >= 0.3 is 0 Å². The SMILES string of the molecule is Nc1ccc(-c2cccc(Br)c2)c(O)c1. The fourth-order valence-electron chi connectivity index (χ4n) is 1.45. The monoisotopic (exact) mass is 263 g/mol. The molecule has 0 saturated heterocycles. The van der Waals surface area contributed by atoms with Gasteiger partial charge in [-0.2, -0.15) is 0 Å². The molecule has 0 aromatic heterocycles. The minimum Gasteiger partial charge on any atom is -0.507 e. The van der Waals surface area contributed by atoms with Crippen LogP contribution in [-0.2, 0) is 0 Å². The lowest BCUT2D eigenvalue weighted by Gasteiger charge is -2.05. The summed E-state index contributed by atoms with van der Waals surface area (Å²) in [6, 6.07) is 12.9. The molecular weight excluding hydrogens is 254 g/mol. The van der Waals surface area contributed by atoms with Crippen molar-refractivity contribution in [2.75, 3.05) is 5.73 Å². The fraction of sp³-hybridized carbons (Fsp3) is 0. The Hall–Kier alpha value is -1.48. The van der Waals surface area contributed by atoms with Gasteiger partial charge in [0.05, 0.1) is 0 Å². The van der Waals surface area contributed by atoms with Gasteiger partial charge in [0.2, 0.25) is 0 Å². The van der Waals surface area contributed by atoms with Crippen molar-refractivity contribution in [3.8, 4) is 16.9 Å². The van der Waals surface area contributed by atoms with Crippen LogP contribution in [0.2, 0.25) is 0 Å². The van der Waals surface area contributed by atoms with Crippen molar-refractivity contribution >= 4 is 21.6 Å². The van der Waals surface area contributed by atoms with Gasteiger partial charge in [-0.3, -0.25) is 0 Å². The Bertz CT molecular complexity index is 497. The van der Waals surface area contributed by atoms with Crippen LogP contribution in [0.1, 0.15) is 0 Å². The summed E-state index contributed by atoms with van der Waals surface area (Å²) < 4.78 is 0.983. The van der Waals surface area contributed by atoms with Gasteiger partial charge < -0.3 is 10.8 Å². The predicted octanol–water partition coefficient (Wildman–Crippen LogP) is 3.40. The van der Waals surface area contributed by atoms with E-state index in [1.165, 1.54) is 0 Å². The highest BCUT2D eigenvalue weighted by atomic mass is 79.9. The number of phenolic OH excluding ortho intramolecular Hbond substituents is 1. The lowest BCUT2D eigenvalue weighted by molar-refractivity contribution is 0.477. The maximum Gasteiger partial charge on any atom is 0.125 e. The molecule has 0 heterocycles. The number of aromatic hydroxyl groups is 1. The summed E-state index contributed by atoms with van der Waals surface area (Å²) in [5, 5.41) is 9.74. The van der Waals surface area contributed by atoms with Crippen LogP contribution >= 0.6 is 15.9 Å². The number of hydrogen-bond donors (Lipinski definition) is 2. The Morgan fingerprint density at radius 2 is 1.87 bits per heavy atom. The average molecular weight is 264 g/mol. The van der Waals surface area contributed by atoms with E-state index < -0.39 is 0 Å². The van der Waals surface area contributed by atoms with Crippen molar-refractivity contribution in [2.45, 2.75) is 0 Å². The molecule has 0 spiro atoms. The van der Waals surface area contributed by atoms with E-state index in [9.17, 15) is 5.11 Å². The zero-order valence-corrected chi connectivity index (χ0v) is 9.53. The van der Waals surface area contributed by atoms with E-state index >= 15 is 0 Å². The number of benzene rings is 2. The first-order valence-electron chi connectivity index (χ1n) is 4.51. The summed E-state index contributed by atoms with van der Waals surface area (Å²) in [5.41, 5.74) is 7.87. The van der Waals surface area contributed by atoms with E-state index in [-0.39, 0.29) is 5.75 Å². The van der Waals surface area contributed by atoms with Crippen LogP contribution in [0.15, 0.2) is 46.9 Å². The molecule has 0 aliphatic carbocycles. The normalized spacial score (nSPS) is 10.2. The van der Waals surface area contributed by atoms with Gasteiger partial charge in [0.15, 0.2) is 0 Å². The fourth-order valence-corrected chi connectivity index (χ4v) is 1.85. The molecule has 0 saturated carbocycles. The van der Waals surface area contributed by atoms with E-state index in [2.05, 4.69) is 15.9 Å². The highest BCUT2D eigenvalue weighted by Gasteiger charge is 2.04. The van der Waals surface area contributed by atoms with Gasteiger partial charge in [-0.15, -0.1) is 0 Å². The zero-order valence-electron chi connectivity index (χ0n) is 7.94. The number of halogens is 1. The van der Waals surface area contributed by atoms with Crippen molar-refractivity contribution < 1.29 is 5.11 Å². The van der Waals surface area contributed by atoms with Crippen LogP contribution < -0.4 is 5.73 Å². The highest BCUT2D eigenvalue weighted by Crippen LogP contribution is 2.31. The van der Waals surface area contributed by atoms with Crippen LogP contribution in [0.25, 0.3) is 11.1 Å². The lowest BCUT2D eigenvalue weighted by Crippen LogP contribution is -1.85. The quantitative estimate of drug-likeness (QED) is 0.775. The van der Waals surface area contributed by atoms with Crippen LogP contribution in [0.3, 0.4) is 0 Å². The van der Waals surface area contributed by atoms with Crippen molar-refractivity contribution in [1.29, 1.82) is 0 Å². The molecule has 76 valence electrons. The van der Waals surface area contributed by atoms with Gasteiger partial charge in [-0.1, -0.05) is 28.1 Å². The molecule has 2 rings (SSSR count). The Kier molecular flexibility index (Phi) is 2.64. The summed E-state index contributed by atoms with van der Waals surface area (Å²) in [4.78, 5) is 0. The van der Waals surface area contributed by atoms with Gasteiger partial charge in [0.1, 0.15) is 5.75 Å². The van der Waals surface area contributed by atoms with Gasteiger partial charge in [-0.25, -0.2) is 0 Å². The minimum absolute atomic E-state index is 0.202. The molecular formula is C12H10BrNO. The van der Waals surface area contributed by atoms with E-state index in [1.54, 1.807) is 12.1 Å². The molecule has 0 aliphatic heterocycles. The van der Waals surface area contributed by atoms with Crippen molar-refractivity contribution in [1.82, 2.24) is 0 Å². The third kappa shape index (κ3) is 2.13. The number of rotatable bonds is 1. The van der Waals surface area contributed by atoms with Gasteiger partial charge in [0.25, 0.3) is 0 Å². The first-order chi connectivity index (χ1) is 7.16. The Balaban J connectivity index is 2.54. The number of nitrogen functional groups attached to an aromatic ring is 1. The first-order valence-corrected chi connectivity index (χ1v) is 5.30. The van der Waals surface area contributed by atoms with Crippen molar-refractivity contribution in [3.05, 3.63) is 46.9 Å². The molecule has 2 aromatic carbocycles. The molecule has 15 heavy (non-hydrogen) atoms. The molecule has 2 aromatic rings. The Labute approximate surface area is 96.5 Å². The van der Waals surface area contributed by atoms with Crippen LogP contribution in [0.4, 0.5) is 5.69 Å². The Morgan fingerprint density at radius 3 is 2.53 bits per heavy atom. The van der Waals surface area contributed by atoms with Crippen LogP contribution in [-0.4, -0.2) is 5.11 Å². The number of hydrogen-bond acceptors (Lipinski definition) is 2. The van der Waals surface area contributed by atoms with Crippen molar-refractivity contribution in [2.24, 2.45) is 0 Å². The predicted molar refractivity (Wildman–Crippen MR) is 65.7 cm³/mol. The van der Waals surface area contributed by atoms with Gasteiger partial charge in [-0.05, 0) is 29.8 Å². The molecule has 3 N–H and O–H groups in total. The van der Waals surface area contributed by atoms with Crippen LogP contribution in [0, 0.1) is 0 Å². The van der Waals surface area contributed by atoms with E-state index in [4.69, 9.17) is 5.73 Å². The largest absolute Gasteiger partial charge is 0.507 e. The average Bonchev–Trinajstić information content (AvgIpc) is 2.17. The maximum atomic E-state index is 9.74. The summed E-state index contributed by atoms with van der Waals surface area (Å²) >= 11 is 3.39. The second kappa shape index (κ2) is 3.95. The number of phenols is 1. The van der Waals surface area contributed by atoms with Crippen LogP contribution in [0.5, 0.6) is 5.75 Å². The molecule has 0 unspecified atom stereocenters. The zero-order chi connectivity index (χ0) is 10.8. The summed E-state index contributed by atoms with van der Waals surface area (Å²) in [6.07, 6.45) is 0. The number of anilines is 1. The second-order valence-corrected chi connectivity index (χ2v) is 4.20. The van der Waals surface area contributed by atoms with E-state index in [0.29, 0.717) is 5.69 Å². The third-order valence-corrected chi connectivity index (χ3v) is 2.65. The first kappa shape index (κ1) is 10.1. The van der Waals surface area contributed by atoms with E-state index in [0.717, 1.165) is 15.6 Å². The second-order valence-electron chi connectivity index (χ2n) is 3.29. The van der Waals surface area contributed by atoms with Crippen molar-refractivity contribution in [3.63, 3.8) is 0 Å². The molecule has 0 radical (unpaired) electrons. The Morgan fingerprint density at radius 1 is 1.07 bits per heavy atom. The lowest BCUT2D eigenvalue weighted by atomic mass is 10.0. The standard InChI is InChI=1S/C12H10BrNO/c13-9-3-1-2-8(6-9)11-5-4-10(14)7-12(11)15/h1-7,15H,14H2. The highest BCUT2D eigenvalue weighted by molar-refractivity contribution is 9.10. The van der Waals surface area contributed by atoms with Gasteiger partial charge in [0, 0.05) is 21.8 Å². The molecule has 0 bridgehead atoms.